The lowest BCUT2D eigenvalue weighted by atomic mass is 10.1. The summed E-state index contributed by atoms with van der Waals surface area (Å²) in [6.07, 6.45) is 8.45. The topological polar surface area (TPSA) is 0 Å². The summed E-state index contributed by atoms with van der Waals surface area (Å²) in [5, 5.41) is 0. The second-order valence-corrected chi connectivity index (χ2v) is 6.55. The van der Waals surface area contributed by atoms with Gasteiger partial charge >= 0.3 is 0 Å². The van der Waals surface area contributed by atoms with Crippen LogP contribution in [0.15, 0.2) is 82.6 Å². The van der Waals surface area contributed by atoms with Gasteiger partial charge in [-0.3, -0.25) is 0 Å². The fourth-order valence-electron chi connectivity index (χ4n) is 2.27. The Balaban J connectivity index is 1.66. The predicted molar refractivity (Wildman–Crippen MR) is 112 cm³/mol. The Morgan fingerprint density at radius 3 is 0.833 bits per heavy atom. The van der Waals surface area contributed by atoms with Gasteiger partial charge in [-0.05, 0) is 46.5 Å². The highest BCUT2D eigenvalue weighted by Gasteiger charge is 1.91. The zero-order valence-corrected chi connectivity index (χ0v) is 14.9. The van der Waals surface area contributed by atoms with E-state index in [0.717, 1.165) is 9.79 Å². The van der Waals surface area contributed by atoms with Crippen LogP contribution in [-0.2, 0) is 0 Å². The van der Waals surface area contributed by atoms with Crippen molar-refractivity contribution in [3.63, 3.8) is 0 Å². The number of hydrogen-bond acceptors (Lipinski definition) is 2. The monoisotopic (exact) mass is 346 g/mol. The molecule has 0 aromatic heterocycles. The van der Waals surface area contributed by atoms with Crippen molar-refractivity contribution in [2.24, 2.45) is 0 Å². The van der Waals surface area contributed by atoms with Crippen LogP contribution < -0.4 is 0 Å². The van der Waals surface area contributed by atoms with Crippen molar-refractivity contribution < 1.29 is 0 Å². The van der Waals surface area contributed by atoms with E-state index in [9.17, 15) is 0 Å². The highest BCUT2D eigenvalue weighted by molar-refractivity contribution is 7.80. The van der Waals surface area contributed by atoms with E-state index in [-0.39, 0.29) is 0 Å². The second kappa shape index (κ2) is 8.09. The number of rotatable bonds is 4. The molecule has 0 spiro atoms. The fraction of sp³-hybridized carbons (Fsp3) is 0. The molecule has 0 bridgehead atoms. The molecule has 3 aromatic carbocycles. The van der Waals surface area contributed by atoms with E-state index in [1.807, 2.05) is 24.3 Å². The minimum atomic E-state index is 0.979. The van der Waals surface area contributed by atoms with E-state index in [1.165, 1.54) is 22.3 Å². The smallest absolute Gasteiger partial charge is 0.00403 e. The van der Waals surface area contributed by atoms with E-state index in [0.29, 0.717) is 0 Å². The molecule has 0 amide bonds. The lowest BCUT2D eigenvalue weighted by Crippen LogP contribution is -1.76. The van der Waals surface area contributed by atoms with Gasteiger partial charge in [-0.1, -0.05) is 72.8 Å². The maximum Gasteiger partial charge on any atom is 0.00403 e. The van der Waals surface area contributed by atoms with Crippen LogP contribution in [0.4, 0.5) is 0 Å². The highest BCUT2D eigenvalue weighted by Crippen LogP contribution is 2.14. The summed E-state index contributed by atoms with van der Waals surface area (Å²) < 4.78 is 0. The Morgan fingerprint density at radius 2 is 0.583 bits per heavy atom. The Bertz CT molecular complexity index is 765. The molecule has 0 unspecified atom stereocenters. The van der Waals surface area contributed by atoms with Crippen LogP contribution in [0.5, 0.6) is 0 Å². The summed E-state index contributed by atoms with van der Waals surface area (Å²) in [5.41, 5.74) is 4.71. The molecular weight excluding hydrogens is 328 g/mol. The molecule has 0 aliphatic rings. The zero-order chi connectivity index (χ0) is 16.8. The van der Waals surface area contributed by atoms with Gasteiger partial charge in [-0.15, -0.1) is 25.3 Å². The highest BCUT2D eigenvalue weighted by atomic mass is 32.1. The van der Waals surface area contributed by atoms with Gasteiger partial charge in [0.15, 0.2) is 0 Å². The van der Waals surface area contributed by atoms with Gasteiger partial charge in [0.25, 0.3) is 0 Å². The minimum Gasteiger partial charge on any atom is -0.143 e. The van der Waals surface area contributed by atoms with Crippen molar-refractivity contribution in [2.45, 2.75) is 9.79 Å². The summed E-state index contributed by atoms with van der Waals surface area (Å²) in [7, 11) is 0. The van der Waals surface area contributed by atoms with Crippen molar-refractivity contribution in [3.05, 3.63) is 95.1 Å². The van der Waals surface area contributed by atoms with Crippen LogP contribution in [0.2, 0.25) is 0 Å². The molecule has 0 saturated heterocycles. The first-order valence-electron chi connectivity index (χ1n) is 7.73. The first-order chi connectivity index (χ1) is 11.7. The largest absolute Gasteiger partial charge is 0.143 e. The van der Waals surface area contributed by atoms with E-state index >= 15 is 0 Å². The number of hydrogen-bond donors (Lipinski definition) is 2. The number of benzene rings is 3. The van der Waals surface area contributed by atoms with Gasteiger partial charge in [0.1, 0.15) is 0 Å². The third kappa shape index (κ3) is 4.92. The van der Waals surface area contributed by atoms with Crippen molar-refractivity contribution in [2.75, 3.05) is 0 Å². The Labute approximate surface area is 154 Å². The predicted octanol–water partition coefficient (Wildman–Crippen LogP) is 6.60. The molecule has 0 saturated carbocycles. The summed E-state index contributed by atoms with van der Waals surface area (Å²) in [4.78, 5) is 1.96. The molecule has 0 atom stereocenters. The first-order valence-corrected chi connectivity index (χ1v) is 8.63. The van der Waals surface area contributed by atoms with Gasteiger partial charge in [-0.2, -0.15) is 0 Å². The fourth-order valence-corrected chi connectivity index (χ4v) is 2.57. The van der Waals surface area contributed by atoms with Crippen LogP contribution >= 0.6 is 25.3 Å². The molecule has 3 rings (SSSR count). The van der Waals surface area contributed by atoms with Crippen LogP contribution in [0.1, 0.15) is 22.3 Å². The first kappa shape index (κ1) is 16.7. The summed E-state index contributed by atoms with van der Waals surface area (Å²) in [5.74, 6) is 0. The lowest BCUT2D eigenvalue weighted by Gasteiger charge is -1.98. The van der Waals surface area contributed by atoms with Gasteiger partial charge in [0.2, 0.25) is 0 Å². The van der Waals surface area contributed by atoms with E-state index in [4.69, 9.17) is 0 Å². The van der Waals surface area contributed by atoms with Gasteiger partial charge in [0.05, 0.1) is 0 Å². The molecule has 0 heterocycles. The van der Waals surface area contributed by atoms with Crippen molar-refractivity contribution in [1.29, 1.82) is 0 Å². The molecule has 24 heavy (non-hydrogen) atoms. The molecule has 0 aliphatic carbocycles. The van der Waals surface area contributed by atoms with Crippen LogP contribution in [0.25, 0.3) is 24.3 Å². The van der Waals surface area contributed by atoms with Gasteiger partial charge in [-0.25, -0.2) is 0 Å². The van der Waals surface area contributed by atoms with Gasteiger partial charge in [0, 0.05) is 9.79 Å². The molecule has 0 fully saturated rings. The van der Waals surface area contributed by atoms with Crippen molar-refractivity contribution >= 4 is 49.6 Å². The Morgan fingerprint density at radius 1 is 0.375 bits per heavy atom. The molecule has 0 aliphatic heterocycles. The van der Waals surface area contributed by atoms with E-state index in [2.05, 4.69) is 98.1 Å². The average Bonchev–Trinajstić information content (AvgIpc) is 2.62. The zero-order valence-electron chi connectivity index (χ0n) is 13.1. The molecule has 0 nitrogen and oxygen atoms in total. The third-order valence-corrected chi connectivity index (χ3v) is 4.26. The molecule has 2 heteroatoms. The third-order valence-electron chi connectivity index (χ3n) is 3.66. The van der Waals surface area contributed by atoms with Crippen LogP contribution in [0.3, 0.4) is 0 Å². The minimum absolute atomic E-state index is 0.979. The molecule has 0 radical (unpaired) electrons. The van der Waals surface area contributed by atoms with E-state index in [1.54, 1.807) is 0 Å². The molecule has 118 valence electrons. The lowest BCUT2D eigenvalue weighted by molar-refractivity contribution is 1.46. The molecule has 0 N–H and O–H groups in total. The Hall–Kier alpha value is -2.16. The normalized spacial score (nSPS) is 11.4. The summed E-state index contributed by atoms with van der Waals surface area (Å²) in [6.45, 7) is 0. The average molecular weight is 347 g/mol. The maximum atomic E-state index is 4.30. The molecule has 3 aromatic rings. The Kier molecular flexibility index (Phi) is 5.63. The number of thiol groups is 2. The van der Waals surface area contributed by atoms with Crippen LogP contribution in [0, 0.1) is 0 Å². The maximum absolute atomic E-state index is 4.30. The van der Waals surface area contributed by atoms with Crippen LogP contribution in [-0.4, -0.2) is 0 Å². The van der Waals surface area contributed by atoms with E-state index < -0.39 is 0 Å². The van der Waals surface area contributed by atoms with Crippen molar-refractivity contribution in [1.82, 2.24) is 0 Å². The summed E-state index contributed by atoms with van der Waals surface area (Å²) in [6, 6.07) is 24.7. The second-order valence-electron chi connectivity index (χ2n) is 5.52. The van der Waals surface area contributed by atoms with Gasteiger partial charge < -0.3 is 0 Å². The standard InChI is InChI=1S/C22H18S2/c23-21-13-9-19(10-14-21)7-5-17-1-2-18(4-3-17)6-8-20-11-15-22(24)16-12-20/h1-16,23-24H/b7-5+,8-6+. The SMILES string of the molecule is Sc1ccc(/C=C/c2ccc(/C=C/c3ccc(S)cc3)cc2)cc1. The summed E-state index contributed by atoms with van der Waals surface area (Å²) >= 11 is 8.60. The van der Waals surface area contributed by atoms with Crippen molar-refractivity contribution in [3.8, 4) is 0 Å². The quantitative estimate of drug-likeness (QED) is 0.386. The molecular formula is C22H18S2.